The number of halogens is 1. The molecule has 0 fully saturated rings. The fourth-order valence-corrected chi connectivity index (χ4v) is 3.13. The number of anilines is 1. The molecule has 2 heterocycles. The molecule has 0 bridgehead atoms. The number of aromatic nitrogens is 2. The molecule has 0 atom stereocenters. The van der Waals surface area contributed by atoms with Crippen LogP contribution < -0.4 is 5.32 Å². The van der Waals surface area contributed by atoms with Crippen molar-refractivity contribution >= 4 is 38.4 Å². The zero-order valence-electron chi connectivity index (χ0n) is 13.2. The Morgan fingerprint density at radius 1 is 1.00 bits per heavy atom. The first-order valence-electron chi connectivity index (χ1n) is 7.80. The van der Waals surface area contributed by atoms with Crippen LogP contribution in [0, 0.1) is 0 Å². The lowest BCUT2D eigenvalue weighted by Crippen LogP contribution is -2.12. The number of amides is 1. The fourth-order valence-electron chi connectivity index (χ4n) is 2.73. The monoisotopic (exact) mass is 391 g/mol. The smallest absolute Gasteiger partial charge is 0.255 e. The van der Waals surface area contributed by atoms with Crippen molar-refractivity contribution in [1.29, 1.82) is 0 Å². The minimum Gasteiger partial charge on any atom is -0.324 e. The summed E-state index contributed by atoms with van der Waals surface area (Å²) in [6.45, 7) is 0. The Labute approximate surface area is 153 Å². The van der Waals surface area contributed by atoms with E-state index < -0.39 is 0 Å². The zero-order chi connectivity index (χ0) is 17.2. The first-order chi connectivity index (χ1) is 12.2. The minimum atomic E-state index is -0.153. The molecule has 0 unspecified atom stereocenters. The number of carbonyl (C=O) groups excluding carboxylic acids is 1. The highest BCUT2D eigenvalue weighted by Crippen LogP contribution is 2.25. The van der Waals surface area contributed by atoms with Crippen molar-refractivity contribution in [3.05, 3.63) is 89.3 Å². The third kappa shape index (κ3) is 3.19. The summed E-state index contributed by atoms with van der Waals surface area (Å²) in [7, 11) is 0. The highest BCUT2D eigenvalue weighted by Gasteiger charge is 2.10. The van der Waals surface area contributed by atoms with Gasteiger partial charge in [0.1, 0.15) is 0 Å². The molecule has 4 nitrogen and oxygen atoms in total. The van der Waals surface area contributed by atoms with Crippen LogP contribution >= 0.6 is 15.9 Å². The molecule has 0 saturated heterocycles. The van der Waals surface area contributed by atoms with Crippen LogP contribution in [0.3, 0.4) is 0 Å². The Balaban J connectivity index is 1.74. The SMILES string of the molecule is O=C(Nc1ccnc2ccc(-n3cccc3)cc12)c1cccc(Br)c1. The Bertz CT molecular complexity index is 1060. The van der Waals surface area contributed by atoms with E-state index in [0.717, 1.165) is 26.8 Å². The molecule has 1 amide bonds. The lowest BCUT2D eigenvalue weighted by atomic mass is 10.1. The van der Waals surface area contributed by atoms with E-state index in [2.05, 4.69) is 26.2 Å². The van der Waals surface area contributed by atoms with Gasteiger partial charge in [-0.05, 0) is 54.6 Å². The summed E-state index contributed by atoms with van der Waals surface area (Å²) < 4.78 is 2.89. The van der Waals surface area contributed by atoms with Crippen LogP contribution in [-0.4, -0.2) is 15.5 Å². The molecule has 25 heavy (non-hydrogen) atoms. The summed E-state index contributed by atoms with van der Waals surface area (Å²) in [4.78, 5) is 17.0. The van der Waals surface area contributed by atoms with Crippen molar-refractivity contribution in [3.63, 3.8) is 0 Å². The summed E-state index contributed by atoms with van der Waals surface area (Å²) in [5.41, 5.74) is 3.19. The Hall–Kier alpha value is -2.92. The normalized spacial score (nSPS) is 10.8. The van der Waals surface area contributed by atoms with Crippen LogP contribution in [0.5, 0.6) is 0 Å². The molecule has 2 aromatic heterocycles. The average Bonchev–Trinajstić information content (AvgIpc) is 3.16. The highest BCUT2D eigenvalue weighted by atomic mass is 79.9. The second kappa shape index (κ2) is 6.53. The van der Waals surface area contributed by atoms with Gasteiger partial charge < -0.3 is 9.88 Å². The molecular weight excluding hydrogens is 378 g/mol. The second-order valence-corrected chi connectivity index (χ2v) is 6.53. The van der Waals surface area contributed by atoms with Gasteiger partial charge in [-0.3, -0.25) is 9.78 Å². The van der Waals surface area contributed by atoms with Crippen molar-refractivity contribution in [2.75, 3.05) is 5.32 Å². The highest BCUT2D eigenvalue weighted by molar-refractivity contribution is 9.10. The lowest BCUT2D eigenvalue weighted by molar-refractivity contribution is 0.102. The number of benzene rings is 2. The standard InChI is InChI=1S/C20H14BrN3O/c21-15-5-3-4-14(12-15)20(25)23-19-8-9-22-18-7-6-16(13-17(18)19)24-10-1-2-11-24/h1-13H,(H,22,23,25). The van der Waals surface area contributed by atoms with Gasteiger partial charge >= 0.3 is 0 Å². The van der Waals surface area contributed by atoms with Gasteiger partial charge in [0, 0.05) is 39.7 Å². The van der Waals surface area contributed by atoms with Crippen molar-refractivity contribution in [1.82, 2.24) is 9.55 Å². The van der Waals surface area contributed by atoms with E-state index in [-0.39, 0.29) is 5.91 Å². The van der Waals surface area contributed by atoms with Gasteiger partial charge in [-0.25, -0.2) is 0 Å². The van der Waals surface area contributed by atoms with Gasteiger partial charge in [-0.2, -0.15) is 0 Å². The quantitative estimate of drug-likeness (QED) is 0.531. The van der Waals surface area contributed by atoms with Gasteiger partial charge in [0.25, 0.3) is 5.91 Å². The molecule has 1 N–H and O–H groups in total. The number of carbonyl (C=O) groups is 1. The van der Waals surface area contributed by atoms with Crippen molar-refractivity contribution < 1.29 is 4.79 Å². The molecule has 5 heteroatoms. The molecule has 0 radical (unpaired) electrons. The summed E-state index contributed by atoms with van der Waals surface area (Å²) in [6.07, 6.45) is 5.67. The van der Waals surface area contributed by atoms with E-state index in [0.29, 0.717) is 5.56 Å². The van der Waals surface area contributed by atoms with Crippen molar-refractivity contribution in [2.24, 2.45) is 0 Å². The number of nitrogens with one attached hydrogen (secondary N) is 1. The topological polar surface area (TPSA) is 46.9 Å². The zero-order valence-corrected chi connectivity index (χ0v) is 14.8. The Morgan fingerprint density at radius 2 is 1.84 bits per heavy atom. The number of pyridine rings is 1. The predicted molar refractivity (Wildman–Crippen MR) is 103 cm³/mol. The average molecular weight is 392 g/mol. The number of hydrogen-bond donors (Lipinski definition) is 1. The lowest BCUT2D eigenvalue weighted by Gasteiger charge is -2.10. The Morgan fingerprint density at radius 3 is 2.64 bits per heavy atom. The maximum Gasteiger partial charge on any atom is 0.255 e. The maximum atomic E-state index is 12.6. The minimum absolute atomic E-state index is 0.153. The molecule has 0 spiro atoms. The summed E-state index contributed by atoms with van der Waals surface area (Å²) in [5, 5.41) is 3.89. The van der Waals surface area contributed by atoms with Gasteiger partial charge in [0.2, 0.25) is 0 Å². The third-order valence-electron chi connectivity index (χ3n) is 3.96. The van der Waals surface area contributed by atoms with Gasteiger partial charge in [-0.15, -0.1) is 0 Å². The molecular formula is C20H14BrN3O. The van der Waals surface area contributed by atoms with E-state index in [1.165, 1.54) is 0 Å². The van der Waals surface area contributed by atoms with Gasteiger partial charge in [0.05, 0.1) is 11.2 Å². The van der Waals surface area contributed by atoms with E-state index in [9.17, 15) is 4.79 Å². The van der Waals surface area contributed by atoms with E-state index >= 15 is 0 Å². The number of nitrogens with zero attached hydrogens (tertiary/aromatic N) is 2. The molecule has 0 aliphatic rings. The van der Waals surface area contributed by atoms with Crippen LogP contribution in [0.1, 0.15) is 10.4 Å². The van der Waals surface area contributed by atoms with Gasteiger partial charge in [-0.1, -0.05) is 22.0 Å². The third-order valence-corrected chi connectivity index (χ3v) is 4.46. The summed E-state index contributed by atoms with van der Waals surface area (Å²) >= 11 is 3.39. The van der Waals surface area contributed by atoms with Crippen molar-refractivity contribution in [3.8, 4) is 5.69 Å². The molecule has 4 aromatic rings. The van der Waals surface area contributed by atoms with Gasteiger partial charge in [0.15, 0.2) is 0 Å². The summed E-state index contributed by atoms with van der Waals surface area (Å²) in [5.74, 6) is -0.153. The molecule has 0 saturated carbocycles. The van der Waals surface area contributed by atoms with Crippen LogP contribution in [0.25, 0.3) is 16.6 Å². The molecule has 0 aliphatic heterocycles. The largest absolute Gasteiger partial charge is 0.324 e. The molecule has 122 valence electrons. The van der Waals surface area contributed by atoms with E-state index in [1.54, 1.807) is 18.3 Å². The van der Waals surface area contributed by atoms with Crippen molar-refractivity contribution in [2.45, 2.75) is 0 Å². The van der Waals surface area contributed by atoms with Crippen LogP contribution in [0.2, 0.25) is 0 Å². The Kier molecular flexibility index (Phi) is 4.07. The molecule has 2 aromatic carbocycles. The van der Waals surface area contributed by atoms with E-state index in [4.69, 9.17) is 0 Å². The van der Waals surface area contributed by atoms with Crippen LogP contribution in [-0.2, 0) is 0 Å². The fraction of sp³-hybridized carbons (Fsp3) is 0. The second-order valence-electron chi connectivity index (χ2n) is 5.61. The van der Waals surface area contributed by atoms with Crippen LogP contribution in [0.15, 0.2) is 83.7 Å². The first-order valence-corrected chi connectivity index (χ1v) is 8.59. The number of rotatable bonds is 3. The first kappa shape index (κ1) is 15.6. The maximum absolute atomic E-state index is 12.6. The number of fused-ring (bicyclic) bond motifs is 1. The van der Waals surface area contributed by atoms with Crippen LogP contribution in [0.4, 0.5) is 5.69 Å². The van der Waals surface area contributed by atoms with E-state index in [1.807, 2.05) is 65.5 Å². The predicted octanol–water partition coefficient (Wildman–Crippen LogP) is 5.04. The number of hydrogen-bond acceptors (Lipinski definition) is 2. The molecule has 4 rings (SSSR count). The molecule has 0 aliphatic carbocycles. The summed E-state index contributed by atoms with van der Waals surface area (Å²) in [6, 6.07) is 19.1.